The van der Waals surface area contributed by atoms with Crippen LogP contribution < -0.4 is 0 Å². The summed E-state index contributed by atoms with van der Waals surface area (Å²) in [6.07, 6.45) is 18.1. The summed E-state index contributed by atoms with van der Waals surface area (Å²) in [6, 6.07) is 0. The summed E-state index contributed by atoms with van der Waals surface area (Å²) in [6.45, 7) is 0.751. The number of hydrogen-bond acceptors (Lipinski definition) is 2. The van der Waals surface area contributed by atoms with Gasteiger partial charge in [-0.1, -0.05) is 51.4 Å². The molecule has 0 saturated heterocycles. The Bertz CT molecular complexity index is 277. The highest BCUT2D eigenvalue weighted by atomic mass is 16.1. The third-order valence-electron chi connectivity index (χ3n) is 5.28. The minimum atomic E-state index is 0.345. The molecule has 0 aromatic carbocycles. The summed E-state index contributed by atoms with van der Waals surface area (Å²) in [5, 5.41) is 0. The van der Waals surface area contributed by atoms with Gasteiger partial charge in [0.25, 0.3) is 0 Å². The first-order chi connectivity index (χ1) is 8.87. The van der Waals surface area contributed by atoms with Gasteiger partial charge in [0.1, 0.15) is 0 Å². The molecule has 0 aromatic rings. The van der Waals surface area contributed by atoms with Crippen molar-refractivity contribution in [1.82, 2.24) is 0 Å². The van der Waals surface area contributed by atoms with E-state index < -0.39 is 0 Å². The van der Waals surface area contributed by atoms with Crippen molar-refractivity contribution in [1.29, 1.82) is 0 Å². The molecule has 102 valence electrons. The van der Waals surface area contributed by atoms with Crippen molar-refractivity contribution in [3.05, 3.63) is 0 Å². The Morgan fingerprint density at radius 3 is 2.00 bits per heavy atom. The fraction of sp³-hybridized carbons (Fsp3) is 0.938. The van der Waals surface area contributed by atoms with E-state index in [0.717, 1.165) is 12.5 Å². The lowest BCUT2D eigenvalue weighted by molar-refractivity contribution is 0.125. The Labute approximate surface area is 111 Å². The van der Waals surface area contributed by atoms with Gasteiger partial charge in [0, 0.05) is 0 Å². The van der Waals surface area contributed by atoms with Crippen molar-refractivity contribution in [3.8, 4) is 0 Å². The Morgan fingerprint density at radius 2 is 1.44 bits per heavy atom. The van der Waals surface area contributed by atoms with Crippen LogP contribution in [0.1, 0.15) is 77.0 Å². The van der Waals surface area contributed by atoms with E-state index in [2.05, 4.69) is 4.99 Å². The quantitative estimate of drug-likeness (QED) is 0.407. The second-order valence-corrected chi connectivity index (χ2v) is 6.37. The van der Waals surface area contributed by atoms with Gasteiger partial charge in [-0.25, -0.2) is 9.79 Å². The molecule has 2 fully saturated rings. The molecule has 0 bridgehead atoms. The van der Waals surface area contributed by atoms with E-state index in [1.54, 1.807) is 6.08 Å². The van der Waals surface area contributed by atoms with Gasteiger partial charge in [0.05, 0.1) is 6.54 Å². The van der Waals surface area contributed by atoms with Gasteiger partial charge in [0.2, 0.25) is 6.08 Å². The lowest BCUT2D eigenvalue weighted by Gasteiger charge is -2.39. The number of isocyanates is 1. The summed E-state index contributed by atoms with van der Waals surface area (Å²) >= 11 is 0. The van der Waals surface area contributed by atoms with E-state index in [9.17, 15) is 4.79 Å². The normalized spacial score (nSPS) is 25.8. The van der Waals surface area contributed by atoms with E-state index in [1.165, 1.54) is 77.0 Å². The van der Waals surface area contributed by atoms with Crippen molar-refractivity contribution in [2.24, 2.45) is 16.3 Å². The van der Waals surface area contributed by atoms with Crippen LogP contribution in [0, 0.1) is 11.3 Å². The van der Waals surface area contributed by atoms with Gasteiger partial charge in [0.15, 0.2) is 0 Å². The fourth-order valence-electron chi connectivity index (χ4n) is 4.21. The predicted octanol–water partition coefficient (Wildman–Crippen LogP) is 4.63. The monoisotopic (exact) mass is 249 g/mol. The highest BCUT2D eigenvalue weighted by Gasteiger charge is 2.38. The zero-order chi connectivity index (χ0) is 12.7. The van der Waals surface area contributed by atoms with Crippen LogP contribution >= 0.6 is 0 Å². The molecule has 2 aliphatic carbocycles. The molecule has 0 aromatic heterocycles. The molecule has 0 amide bonds. The molecule has 0 aliphatic heterocycles. The Hall–Kier alpha value is -0.620. The van der Waals surface area contributed by atoms with Gasteiger partial charge >= 0.3 is 0 Å². The lowest BCUT2D eigenvalue weighted by Crippen LogP contribution is -2.33. The SMILES string of the molecule is O=C=NCC1(C2CCCCCC2)CCCCCC1. The molecule has 2 saturated carbocycles. The minimum absolute atomic E-state index is 0.345. The molecule has 0 heterocycles. The van der Waals surface area contributed by atoms with Gasteiger partial charge in [-0.3, -0.25) is 0 Å². The Kier molecular flexibility index (Phi) is 5.44. The summed E-state index contributed by atoms with van der Waals surface area (Å²) in [4.78, 5) is 14.5. The first-order valence-electron chi connectivity index (χ1n) is 7.91. The fourth-order valence-corrected chi connectivity index (χ4v) is 4.21. The molecule has 2 aliphatic rings. The second-order valence-electron chi connectivity index (χ2n) is 6.37. The van der Waals surface area contributed by atoms with Crippen LogP contribution in [-0.4, -0.2) is 12.6 Å². The summed E-state index contributed by atoms with van der Waals surface area (Å²) in [7, 11) is 0. The molecular weight excluding hydrogens is 222 g/mol. The molecule has 2 nitrogen and oxygen atoms in total. The third-order valence-corrected chi connectivity index (χ3v) is 5.28. The van der Waals surface area contributed by atoms with Crippen molar-refractivity contribution in [2.75, 3.05) is 6.54 Å². The van der Waals surface area contributed by atoms with Crippen molar-refractivity contribution in [2.45, 2.75) is 77.0 Å². The Morgan fingerprint density at radius 1 is 0.889 bits per heavy atom. The zero-order valence-corrected chi connectivity index (χ0v) is 11.6. The average molecular weight is 249 g/mol. The van der Waals surface area contributed by atoms with Crippen molar-refractivity contribution >= 4 is 6.08 Å². The highest BCUT2D eigenvalue weighted by Crippen LogP contribution is 2.47. The average Bonchev–Trinajstić information content (AvgIpc) is 2.80. The maximum absolute atomic E-state index is 10.5. The van der Waals surface area contributed by atoms with Crippen molar-refractivity contribution < 1.29 is 4.79 Å². The maximum atomic E-state index is 10.5. The number of carbonyl (C=O) groups excluding carboxylic acids is 1. The summed E-state index contributed by atoms with van der Waals surface area (Å²) < 4.78 is 0. The minimum Gasteiger partial charge on any atom is -0.211 e. The van der Waals surface area contributed by atoms with Crippen LogP contribution in [0.4, 0.5) is 0 Å². The number of rotatable bonds is 3. The smallest absolute Gasteiger partial charge is 0.211 e. The topological polar surface area (TPSA) is 29.4 Å². The highest BCUT2D eigenvalue weighted by molar-refractivity contribution is 5.33. The molecule has 2 heteroatoms. The molecule has 0 unspecified atom stereocenters. The predicted molar refractivity (Wildman–Crippen MR) is 74.3 cm³/mol. The lowest BCUT2D eigenvalue weighted by atomic mass is 9.67. The number of aliphatic imine (C=N–C) groups is 1. The molecular formula is C16H27NO. The Balaban J connectivity index is 2.12. The zero-order valence-electron chi connectivity index (χ0n) is 11.6. The van der Waals surface area contributed by atoms with Crippen LogP contribution in [0.5, 0.6) is 0 Å². The van der Waals surface area contributed by atoms with E-state index >= 15 is 0 Å². The summed E-state index contributed by atoms with van der Waals surface area (Å²) in [5.41, 5.74) is 0.345. The largest absolute Gasteiger partial charge is 0.234 e. The molecule has 0 radical (unpaired) electrons. The van der Waals surface area contributed by atoms with Crippen LogP contribution in [0.3, 0.4) is 0 Å². The maximum Gasteiger partial charge on any atom is 0.234 e. The van der Waals surface area contributed by atoms with Crippen molar-refractivity contribution in [3.63, 3.8) is 0 Å². The van der Waals surface area contributed by atoms with Gasteiger partial charge in [-0.2, -0.15) is 0 Å². The molecule has 18 heavy (non-hydrogen) atoms. The van der Waals surface area contributed by atoms with Crippen LogP contribution in [0.15, 0.2) is 4.99 Å². The van der Waals surface area contributed by atoms with E-state index in [0.29, 0.717) is 5.41 Å². The van der Waals surface area contributed by atoms with Crippen LogP contribution in [-0.2, 0) is 4.79 Å². The van der Waals surface area contributed by atoms with Gasteiger partial charge in [-0.05, 0) is 37.0 Å². The van der Waals surface area contributed by atoms with Crippen LogP contribution in [0.2, 0.25) is 0 Å². The molecule has 0 N–H and O–H groups in total. The molecule has 0 spiro atoms. The number of nitrogens with zero attached hydrogens (tertiary/aromatic N) is 1. The summed E-state index contributed by atoms with van der Waals surface area (Å²) in [5.74, 6) is 0.815. The van der Waals surface area contributed by atoms with E-state index in [-0.39, 0.29) is 0 Å². The first-order valence-corrected chi connectivity index (χ1v) is 7.91. The third kappa shape index (κ3) is 3.45. The van der Waals surface area contributed by atoms with Crippen LogP contribution in [0.25, 0.3) is 0 Å². The van der Waals surface area contributed by atoms with Gasteiger partial charge < -0.3 is 0 Å². The first kappa shape index (κ1) is 13.8. The van der Waals surface area contributed by atoms with E-state index in [1.807, 2.05) is 0 Å². The standard InChI is InChI=1S/C16H27NO/c18-14-17-13-16(11-7-3-4-8-12-16)15-9-5-1-2-6-10-15/h15H,1-13H2. The second kappa shape index (κ2) is 7.09. The van der Waals surface area contributed by atoms with E-state index in [4.69, 9.17) is 0 Å². The molecule has 2 rings (SSSR count). The number of hydrogen-bond donors (Lipinski definition) is 0. The van der Waals surface area contributed by atoms with Gasteiger partial charge in [-0.15, -0.1) is 0 Å². The molecule has 0 atom stereocenters.